The minimum absolute atomic E-state index is 0.0537. The predicted octanol–water partition coefficient (Wildman–Crippen LogP) is 1.74. The van der Waals surface area contributed by atoms with Crippen molar-refractivity contribution in [2.24, 2.45) is 0 Å². The first-order valence-corrected chi connectivity index (χ1v) is 7.56. The molecule has 1 unspecified atom stereocenters. The van der Waals surface area contributed by atoms with Gasteiger partial charge in [0.05, 0.1) is 16.7 Å². The van der Waals surface area contributed by atoms with Crippen molar-refractivity contribution in [1.82, 2.24) is 4.72 Å². The van der Waals surface area contributed by atoms with E-state index < -0.39 is 22.0 Å². The van der Waals surface area contributed by atoms with Crippen LogP contribution in [0, 0.1) is 11.3 Å². The van der Waals surface area contributed by atoms with Gasteiger partial charge in [-0.1, -0.05) is 11.6 Å². The van der Waals surface area contributed by atoms with Crippen molar-refractivity contribution < 1.29 is 18.3 Å². The smallest absolute Gasteiger partial charge is 0.303 e. The summed E-state index contributed by atoms with van der Waals surface area (Å²) >= 11 is 5.84. The second-order valence-electron chi connectivity index (χ2n) is 4.21. The van der Waals surface area contributed by atoms with Crippen molar-refractivity contribution in [2.45, 2.75) is 30.7 Å². The zero-order valence-electron chi connectivity index (χ0n) is 10.6. The Hall–Kier alpha value is -1.62. The van der Waals surface area contributed by atoms with Crippen LogP contribution in [0.4, 0.5) is 0 Å². The number of nitriles is 1. The molecule has 8 heteroatoms. The van der Waals surface area contributed by atoms with E-state index in [9.17, 15) is 13.2 Å². The molecule has 0 amide bonds. The average molecular weight is 317 g/mol. The van der Waals surface area contributed by atoms with Crippen LogP contribution in [0.25, 0.3) is 0 Å². The molecule has 0 heterocycles. The maximum absolute atomic E-state index is 12.1. The van der Waals surface area contributed by atoms with Crippen LogP contribution in [-0.4, -0.2) is 25.5 Å². The summed E-state index contributed by atoms with van der Waals surface area (Å²) in [5, 5.41) is 17.2. The minimum Gasteiger partial charge on any atom is -0.481 e. The number of aliphatic carboxylic acids is 1. The maximum Gasteiger partial charge on any atom is 0.303 e. The standard InChI is InChI=1S/C12H13ClN2O4S/c1-8(2-5-12(16)17)15-20(18,19)11-4-3-9(7-14)6-10(11)13/h3-4,6,8,15H,2,5H2,1H3,(H,16,17). The lowest BCUT2D eigenvalue weighted by atomic mass is 10.2. The van der Waals surface area contributed by atoms with Gasteiger partial charge in [-0.15, -0.1) is 0 Å². The monoisotopic (exact) mass is 316 g/mol. The van der Waals surface area contributed by atoms with Crippen LogP contribution >= 0.6 is 11.6 Å². The van der Waals surface area contributed by atoms with Crippen LogP contribution < -0.4 is 4.72 Å². The zero-order chi connectivity index (χ0) is 15.3. The van der Waals surface area contributed by atoms with Crippen molar-refractivity contribution in [3.05, 3.63) is 28.8 Å². The third-order valence-corrected chi connectivity index (χ3v) is 4.57. The largest absolute Gasteiger partial charge is 0.481 e. The van der Waals surface area contributed by atoms with Crippen molar-refractivity contribution in [3.63, 3.8) is 0 Å². The topological polar surface area (TPSA) is 107 Å². The van der Waals surface area contributed by atoms with Gasteiger partial charge in [0.2, 0.25) is 10.0 Å². The van der Waals surface area contributed by atoms with Gasteiger partial charge < -0.3 is 5.11 Å². The van der Waals surface area contributed by atoms with Crippen LogP contribution in [0.2, 0.25) is 5.02 Å². The average Bonchev–Trinajstić information content (AvgIpc) is 2.35. The van der Waals surface area contributed by atoms with Gasteiger partial charge >= 0.3 is 5.97 Å². The van der Waals surface area contributed by atoms with Crippen LogP contribution in [0.1, 0.15) is 25.3 Å². The summed E-state index contributed by atoms with van der Waals surface area (Å²) in [6, 6.07) is 5.17. The van der Waals surface area contributed by atoms with Gasteiger partial charge in [0.15, 0.2) is 0 Å². The van der Waals surface area contributed by atoms with E-state index in [1.807, 2.05) is 6.07 Å². The lowest BCUT2D eigenvalue weighted by Crippen LogP contribution is -2.33. The maximum atomic E-state index is 12.1. The molecule has 20 heavy (non-hydrogen) atoms. The van der Waals surface area contributed by atoms with Crippen LogP contribution in [0.5, 0.6) is 0 Å². The Labute approximate surface area is 122 Å². The van der Waals surface area contributed by atoms with E-state index in [2.05, 4.69) is 4.72 Å². The predicted molar refractivity (Wildman–Crippen MR) is 72.8 cm³/mol. The number of nitrogens with zero attached hydrogens (tertiary/aromatic N) is 1. The fraction of sp³-hybridized carbons (Fsp3) is 0.333. The van der Waals surface area contributed by atoms with E-state index in [4.69, 9.17) is 22.0 Å². The molecule has 0 aromatic heterocycles. The first kappa shape index (κ1) is 16.4. The molecular formula is C12H13ClN2O4S. The van der Waals surface area contributed by atoms with Gasteiger partial charge in [-0.05, 0) is 31.5 Å². The molecule has 1 atom stereocenters. The number of benzene rings is 1. The molecule has 1 aromatic carbocycles. The Morgan fingerprint density at radius 2 is 2.20 bits per heavy atom. The SMILES string of the molecule is CC(CCC(=O)O)NS(=O)(=O)c1ccc(C#N)cc1Cl. The number of sulfonamides is 1. The first-order chi connectivity index (χ1) is 9.26. The number of carboxylic acids is 1. The summed E-state index contributed by atoms with van der Waals surface area (Å²) in [6.45, 7) is 1.57. The van der Waals surface area contributed by atoms with Gasteiger partial charge in [0.1, 0.15) is 4.90 Å². The van der Waals surface area contributed by atoms with Crippen molar-refractivity contribution in [1.29, 1.82) is 5.26 Å². The van der Waals surface area contributed by atoms with Gasteiger partial charge in [0, 0.05) is 12.5 Å². The molecule has 0 bridgehead atoms. The van der Waals surface area contributed by atoms with E-state index in [1.165, 1.54) is 18.2 Å². The van der Waals surface area contributed by atoms with Gasteiger partial charge in [-0.3, -0.25) is 4.79 Å². The molecular weight excluding hydrogens is 304 g/mol. The summed E-state index contributed by atoms with van der Waals surface area (Å²) in [7, 11) is -3.85. The number of rotatable bonds is 6. The highest BCUT2D eigenvalue weighted by molar-refractivity contribution is 7.89. The molecule has 0 aliphatic carbocycles. The summed E-state index contributed by atoms with van der Waals surface area (Å²) in [5.41, 5.74) is 0.257. The van der Waals surface area contributed by atoms with Crippen molar-refractivity contribution >= 4 is 27.6 Å². The highest BCUT2D eigenvalue weighted by Crippen LogP contribution is 2.22. The Morgan fingerprint density at radius 1 is 1.55 bits per heavy atom. The highest BCUT2D eigenvalue weighted by Gasteiger charge is 2.21. The highest BCUT2D eigenvalue weighted by atomic mass is 35.5. The molecule has 0 aliphatic rings. The number of hydrogen-bond donors (Lipinski definition) is 2. The molecule has 1 rings (SSSR count). The molecule has 0 saturated carbocycles. The third-order valence-electron chi connectivity index (χ3n) is 2.50. The molecule has 1 aromatic rings. The van der Waals surface area contributed by atoms with Crippen LogP contribution in [0.15, 0.2) is 23.1 Å². The van der Waals surface area contributed by atoms with Crippen molar-refractivity contribution in [2.75, 3.05) is 0 Å². The summed E-state index contributed by atoms with van der Waals surface area (Å²) in [4.78, 5) is 10.3. The van der Waals surface area contributed by atoms with Gasteiger partial charge in [-0.2, -0.15) is 5.26 Å². The van der Waals surface area contributed by atoms with E-state index in [-0.39, 0.29) is 28.3 Å². The molecule has 108 valence electrons. The molecule has 0 radical (unpaired) electrons. The molecule has 6 nitrogen and oxygen atoms in total. The zero-order valence-corrected chi connectivity index (χ0v) is 12.2. The van der Waals surface area contributed by atoms with Crippen LogP contribution in [-0.2, 0) is 14.8 Å². The Balaban J connectivity index is 2.89. The lowest BCUT2D eigenvalue weighted by Gasteiger charge is -2.14. The number of halogens is 1. The van der Waals surface area contributed by atoms with E-state index in [0.717, 1.165) is 0 Å². The fourth-order valence-electron chi connectivity index (χ4n) is 1.52. The Morgan fingerprint density at radius 3 is 2.70 bits per heavy atom. The number of hydrogen-bond acceptors (Lipinski definition) is 4. The Bertz CT molecular complexity index is 652. The van der Waals surface area contributed by atoms with E-state index in [0.29, 0.717) is 0 Å². The number of nitrogens with one attached hydrogen (secondary N) is 1. The summed E-state index contributed by atoms with van der Waals surface area (Å²) < 4.78 is 26.5. The Kier molecular flexibility index (Phi) is 5.51. The second kappa shape index (κ2) is 6.70. The quantitative estimate of drug-likeness (QED) is 0.831. The normalized spacial score (nSPS) is 12.7. The van der Waals surface area contributed by atoms with E-state index in [1.54, 1.807) is 6.92 Å². The molecule has 0 fully saturated rings. The fourth-order valence-corrected chi connectivity index (χ4v) is 3.34. The van der Waals surface area contributed by atoms with Gasteiger partial charge in [-0.25, -0.2) is 13.1 Å². The molecule has 0 spiro atoms. The second-order valence-corrected chi connectivity index (χ2v) is 6.30. The molecule has 2 N–H and O–H groups in total. The summed E-state index contributed by atoms with van der Waals surface area (Å²) in [5.74, 6) is -0.993. The third kappa shape index (κ3) is 4.49. The minimum atomic E-state index is -3.85. The van der Waals surface area contributed by atoms with Crippen molar-refractivity contribution in [3.8, 4) is 6.07 Å². The lowest BCUT2D eigenvalue weighted by molar-refractivity contribution is -0.137. The molecule has 0 saturated heterocycles. The van der Waals surface area contributed by atoms with Gasteiger partial charge in [0.25, 0.3) is 0 Å². The summed E-state index contributed by atoms with van der Waals surface area (Å²) in [6.07, 6.45) is 0.0350. The molecule has 0 aliphatic heterocycles. The van der Waals surface area contributed by atoms with E-state index >= 15 is 0 Å². The number of carboxylic acid groups (broad SMARTS) is 1. The number of carbonyl (C=O) groups is 1. The van der Waals surface area contributed by atoms with Crippen LogP contribution in [0.3, 0.4) is 0 Å². The first-order valence-electron chi connectivity index (χ1n) is 5.70.